The molecule has 0 bridgehead atoms. The third-order valence-electron chi connectivity index (χ3n) is 2.70. The van der Waals surface area contributed by atoms with Crippen molar-refractivity contribution >= 4 is 21.6 Å². The van der Waals surface area contributed by atoms with E-state index in [1.54, 1.807) is 12.1 Å². The molecule has 90 valence electrons. The number of rotatable bonds is 2. The van der Waals surface area contributed by atoms with Gasteiger partial charge >= 0.3 is 0 Å². The Bertz CT molecular complexity index is 675. The molecule has 3 rings (SSSR count). The van der Waals surface area contributed by atoms with Crippen LogP contribution in [0, 0.1) is 5.82 Å². The quantitative estimate of drug-likeness (QED) is 0.691. The fourth-order valence-electron chi connectivity index (χ4n) is 1.78. The summed E-state index contributed by atoms with van der Waals surface area (Å²) in [5, 5.41) is 0.691. The number of ether oxygens (including phenoxy) is 1. The first-order valence-corrected chi connectivity index (χ1v) is 6.29. The zero-order valence-electron chi connectivity index (χ0n) is 9.68. The topological polar surface area (TPSA) is 22.1 Å². The Morgan fingerprint density at radius 2 is 2.00 bits per heavy atom. The highest BCUT2D eigenvalue weighted by Gasteiger charge is 2.11. The van der Waals surface area contributed by atoms with Gasteiger partial charge in [0.15, 0.2) is 0 Å². The van der Waals surface area contributed by atoms with Crippen LogP contribution in [0.5, 0.6) is 5.75 Å². The zero-order valence-corrected chi connectivity index (χ0v) is 10.5. The van der Waals surface area contributed by atoms with E-state index >= 15 is 0 Å². The van der Waals surface area contributed by atoms with Crippen LogP contribution in [-0.4, -0.2) is 12.1 Å². The monoisotopic (exact) mass is 259 g/mol. The van der Waals surface area contributed by atoms with Crippen LogP contribution in [0.1, 0.15) is 0 Å². The van der Waals surface area contributed by atoms with Gasteiger partial charge in [-0.15, -0.1) is 11.3 Å². The summed E-state index contributed by atoms with van der Waals surface area (Å²) < 4.78 is 20.0. The molecule has 0 unspecified atom stereocenters. The van der Waals surface area contributed by atoms with Gasteiger partial charge in [-0.1, -0.05) is 12.1 Å². The van der Waals surface area contributed by atoms with Gasteiger partial charge in [0.1, 0.15) is 16.6 Å². The lowest BCUT2D eigenvalue weighted by atomic mass is 10.2. The largest absolute Gasteiger partial charge is 0.497 e. The molecule has 0 amide bonds. The number of halogens is 1. The minimum atomic E-state index is -0.312. The molecular weight excluding hydrogens is 249 g/mol. The molecule has 2 nitrogen and oxygen atoms in total. The Morgan fingerprint density at radius 1 is 1.17 bits per heavy atom. The smallest absolute Gasteiger partial charge is 0.137 e. The summed E-state index contributed by atoms with van der Waals surface area (Å²) in [6.07, 6.45) is 0. The number of methoxy groups -OCH3 is 1. The van der Waals surface area contributed by atoms with E-state index in [1.807, 2.05) is 24.3 Å². The van der Waals surface area contributed by atoms with E-state index in [4.69, 9.17) is 4.74 Å². The molecule has 0 N–H and O–H groups in total. The Labute approximate surface area is 108 Å². The number of aromatic nitrogens is 1. The maximum Gasteiger partial charge on any atom is 0.137 e. The van der Waals surface area contributed by atoms with Crippen LogP contribution in [0.2, 0.25) is 0 Å². The summed E-state index contributed by atoms with van der Waals surface area (Å²) in [7, 11) is 1.52. The Morgan fingerprint density at radius 3 is 2.72 bits per heavy atom. The average molecular weight is 259 g/mol. The molecule has 0 saturated heterocycles. The van der Waals surface area contributed by atoms with Crippen molar-refractivity contribution in [2.45, 2.75) is 0 Å². The first-order valence-electron chi connectivity index (χ1n) is 5.47. The fourth-order valence-corrected chi connectivity index (χ4v) is 2.78. The normalized spacial score (nSPS) is 10.8. The van der Waals surface area contributed by atoms with E-state index in [2.05, 4.69) is 4.98 Å². The standard InChI is InChI=1S/C14H10FNOS/c1-17-9-6-7-10(11(15)8-9)14-16-12-4-2-3-5-13(12)18-14/h2-8H,1H3. The first kappa shape index (κ1) is 11.2. The average Bonchev–Trinajstić information content (AvgIpc) is 2.81. The highest BCUT2D eigenvalue weighted by molar-refractivity contribution is 7.21. The van der Waals surface area contributed by atoms with E-state index < -0.39 is 0 Å². The van der Waals surface area contributed by atoms with Crippen molar-refractivity contribution in [3.8, 4) is 16.3 Å². The molecule has 3 aromatic rings. The van der Waals surface area contributed by atoms with E-state index in [0.29, 0.717) is 16.3 Å². The van der Waals surface area contributed by atoms with Gasteiger partial charge in [-0.25, -0.2) is 9.37 Å². The lowest BCUT2D eigenvalue weighted by Crippen LogP contribution is -1.87. The molecule has 0 aliphatic rings. The Kier molecular flexibility index (Phi) is 2.72. The lowest BCUT2D eigenvalue weighted by molar-refractivity contribution is 0.411. The van der Waals surface area contributed by atoms with E-state index in [1.165, 1.54) is 24.5 Å². The molecule has 0 saturated carbocycles. The molecule has 1 heterocycles. The van der Waals surface area contributed by atoms with Crippen LogP contribution in [-0.2, 0) is 0 Å². The van der Waals surface area contributed by atoms with Gasteiger partial charge in [0, 0.05) is 11.6 Å². The number of benzene rings is 2. The third kappa shape index (κ3) is 1.84. The number of thiazole rings is 1. The van der Waals surface area contributed by atoms with Gasteiger partial charge < -0.3 is 4.74 Å². The second kappa shape index (κ2) is 4.38. The van der Waals surface area contributed by atoms with Gasteiger partial charge in [0.25, 0.3) is 0 Å². The SMILES string of the molecule is COc1ccc(-c2nc3ccccc3s2)c(F)c1. The summed E-state index contributed by atoms with van der Waals surface area (Å²) in [5.74, 6) is 0.200. The van der Waals surface area contributed by atoms with E-state index in [0.717, 1.165) is 10.2 Å². The summed E-state index contributed by atoms with van der Waals surface area (Å²) in [6.45, 7) is 0. The van der Waals surface area contributed by atoms with Crippen molar-refractivity contribution < 1.29 is 9.13 Å². The maximum atomic E-state index is 13.9. The van der Waals surface area contributed by atoms with Gasteiger partial charge in [0.2, 0.25) is 0 Å². The van der Waals surface area contributed by atoms with Crippen molar-refractivity contribution in [3.63, 3.8) is 0 Å². The highest BCUT2D eigenvalue weighted by Crippen LogP contribution is 2.32. The summed E-state index contributed by atoms with van der Waals surface area (Å²) in [5.41, 5.74) is 1.41. The van der Waals surface area contributed by atoms with Crippen molar-refractivity contribution in [2.75, 3.05) is 7.11 Å². The molecule has 2 aromatic carbocycles. The molecule has 0 spiro atoms. The molecule has 0 aliphatic carbocycles. The predicted molar refractivity (Wildman–Crippen MR) is 71.6 cm³/mol. The van der Waals surface area contributed by atoms with Gasteiger partial charge in [0.05, 0.1) is 17.3 Å². The minimum absolute atomic E-state index is 0.312. The molecule has 1 aromatic heterocycles. The number of hydrogen-bond donors (Lipinski definition) is 0. The van der Waals surface area contributed by atoms with Crippen LogP contribution in [0.15, 0.2) is 42.5 Å². The zero-order chi connectivity index (χ0) is 12.5. The molecule has 4 heteroatoms. The predicted octanol–water partition coefficient (Wildman–Crippen LogP) is 4.11. The number of nitrogens with zero attached hydrogens (tertiary/aromatic N) is 1. The Balaban J connectivity index is 2.14. The number of para-hydroxylation sites is 1. The summed E-state index contributed by atoms with van der Waals surface area (Å²) >= 11 is 1.49. The second-order valence-corrected chi connectivity index (χ2v) is 4.86. The van der Waals surface area contributed by atoms with Gasteiger partial charge in [-0.3, -0.25) is 0 Å². The first-order chi connectivity index (χ1) is 8.78. The molecule has 0 atom stereocenters. The molecule has 0 aliphatic heterocycles. The Hall–Kier alpha value is -1.94. The molecule has 0 radical (unpaired) electrons. The van der Waals surface area contributed by atoms with E-state index in [9.17, 15) is 4.39 Å². The molecule has 0 fully saturated rings. The van der Waals surface area contributed by atoms with Crippen molar-refractivity contribution in [2.24, 2.45) is 0 Å². The second-order valence-electron chi connectivity index (χ2n) is 3.83. The van der Waals surface area contributed by atoms with Gasteiger partial charge in [-0.05, 0) is 24.3 Å². The van der Waals surface area contributed by atoms with Crippen molar-refractivity contribution in [1.82, 2.24) is 4.98 Å². The highest BCUT2D eigenvalue weighted by atomic mass is 32.1. The third-order valence-corrected chi connectivity index (χ3v) is 3.77. The van der Waals surface area contributed by atoms with E-state index in [-0.39, 0.29) is 5.82 Å². The van der Waals surface area contributed by atoms with Crippen molar-refractivity contribution in [1.29, 1.82) is 0 Å². The van der Waals surface area contributed by atoms with Crippen LogP contribution in [0.25, 0.3) is 20.8 Å². The van der Waals surface area contributed by atoms with Crippen LogP contribution < -0.4 is 4.74 Å². The van der Waals surface area contributed by atoms with Crippen LogP contribution in [0.3, 0.4) is 0 Å². The molecular formula is C14H10FNOS. The summed E-state index contributed by atoms with van der Waals surface area (Å²) in [4.78, 5) is 4.44. The fraction of sp³-hybridized carbons (Fsp3) is 0.0714. The maximum absolute atomic E-state index is 13.9. The minimum Gasteiger partial charge on any atom is -0.497 e. The number of hydrogen-bond acceptors (Lipinski definition) is 3. The summed E-state index contributed by atoms with van der Waals surface area (Å²) in [6, 6.07) is 12.6. The van der Waals surface area contributed by atoms with Crippen LogP contribution >= 0.6 is 11.3 Å². The van der Waals surface area contributed by atoms with Crippen LogP contribution in [0.4, 0.5) is 4.39 Å². The lowest BCUT2D eigenvalue weighted by Gasteiger charge is -2.02. The van der Waals surface area contributed by atoms with Crippen molar-refractivity contribution in [3.05, 3.63) is 48.3 Å². The molecule has 18 heavy (non-hydrogen) atoms. The number of fused-ring (bicyclic) bond motifs is 1. The van der Waals surface area contributed by atoms with Gasteiger partial charge in [-0.2, -0.15) is 0 Å².